The summed E-state index contributed by atoms with van der Waals surface area (Å²) in [6.07, 6.45) is -2.42. The molecule has 1 aliphatic rings. The Labute approximate surface area is 190 Å². The first kappa shape index (κ1) is 24.5. The highest BCUT2D eigenvalue weighted by Crippen LogP contribution is 2.24. The molecule has 13 heteroatoms. The van der Waals surface area contributed by atoms with E-state index in [0.717, 1.165) is 37.6 Å². The van der Waals surface area contributed by atoms with Crippen molar-refractivity contribution in [1.29, 1.82) is 0 Å². The molecule has 178 valence electrons. The summed E-state index contributed by atoms with van der Waals surface area (Å²) in [6.45, 7) is 5.06. The minimum atomic E-state index is -5.08. The molecule has 9 nitrogen and oxygen atoms in total. The second-order valence-corrected chi connectivity index (χ2v) is 8.04. The van der Waals surface area contributed by atoms with Crippen LogP contribution < -0.4 is 5.32 Å². The second kappa shape index (κ2) is 10.6. The zero-order valence-corrected chi connectivity index (χ0v) is 18.4. The maximum absolute atomic E-state index is 12.0. The van der Waals surface area contributed by atoms with Gasteiger partial charge in [0.05, 0.1) is 23.8 Å². The molecular formula is C20H22F3N5O4S. The highest BCUT2D eigenvalue weighted by Gasteiger charge is 2.38. The maximum Gasteiger partial charge on any atom is 0.490 e. The van der Waals surface area contributed by atoms with Crippen molar-refractivity contribution in [2.24, 2.45) is 0 Å². The van der Waals surface area contributed by atoms with E-state index in [9.17, 15) is 18.0 Å². The number of furan rings is 1. The number of nitrogens with one attached hydrogen (secondary N) is 1. The number of carboxylic acid groups (broad SMARTS) is 1. The van der Waals surface area contributed by atoms with Crippen molar-refractivity contribution in [3.05, 3.63) is 58.2 Å². The summed E-state index contributed by atoms with van der Waals surface area (Å²) in [6, 6.07) is 6.31. The number of aliphatic carboxylic acids is 1. The monoisotopic (exact) mass is 485 g/mol. The molecule has 1 unspecified atom stereocenters. The number of carboxylic acids is 1. The van der Waals surface area contributed by atoms with Crippen molar-refractivity contribution in [2.75, 3.05) is 13.1 Å². The van der Waals surface area contributed by atoms with Gasteiger partial charge in [-0.2, -0.15) is 18.3 Å². The number of carbonyl (C=O) groups is 2. The van der Waals surface area contributed by atoms with E-state index >= 15 is 0 Å². The fraction of sp³-hybridized carbons (Fsp3) is 0.400. The number of alkyl halides is 3. The van der Waals surface area contributed by atoms with Crippen molar-refractivity contribution in [3.8, 4) is 0 Å². The summed E-state index contributed by atoms with van der Waals surface area (Å²) >= 11 is 1.42. The summed E-state index contributed by atoms with van der Waals surface area (Å²) in [5.41, 5.74) is 3.34. The average Bonchev–Trinajstić information content (AvgIpc) is 3.49. The van der Waals surface area contributed by atoms with Crippen molar-refractivity contribution in [2.45, 2.75) is 38.7 Å². The number of rotatable bonds is 6. The first-order valence-electron chi connectivity index (χ1n) is 9.90. The van der Waals surface area contributed by atoms with E-state index < -0.39 is 12.1 Å². The van der Waals surface area contributed by atoms with Crippen LogP contribution in [-0.2, 0) is 17.9 Å². The van der Waals surface area contributed by atoms with Gasteiger partial charge in [-0.3, -0.25) is 14.4 Å². The molecule has 1 atom stereocenters. The number of fused-ring (bicyclic) bond motifs is 1. The van der Waals surface area contributed by atoms with Crippen LogP contribution in [0.2, 0.25) is 0 Å². The van der Waals surface area contributed by atoms with Gasteiger partial charge in [-0.25, -0.2) is 9.78 Å². The van der Waals surface area contributed by atoms with Crippen molar-refractivity contribution < 1.29 is 32.3 Å². The Kier molecular flexibility index (Phi) is 7.87. The fourth-order valence-corrected chi connectivity index (χ4v) is 3.89. The molecule has 0 bridgehead atoms. The van der Waals surface area contributed by atoms with E-state index in [2.05, 4.69) is 31.0 Å². The van der Waals surface area contributed by atoms with Crippen molar-refractivity contribution in [1.82, 2.24) is 25.0 Å². The van der Waals surface area contributed by atoms with E-state index in [-0.39, 0.29) is 11.9 Å². The molecule has 3 aromatic heterocycles. The molecule has 0 fully saturated rings. The van der Waals surface area contributed by atoms with E-state index in [4.69, 9.17) is 14.3 Å². The summed E-state index contributed by atoms with van der Waals surface area (Å²) in [7, 11) is 0. The number of nitrogens with zero attached hydrogens (tertiary/aromatic N) is 4. The number of thiazole rings is 1. The Balaban J connectivity index is 0.000000383. The quantitative estimate of drug-likeness (QED) is 0.551. The highest BCUT2D eigenvalue weighted by atomic mass is 32.1. The van der Waals surface area contributed by atoms with E-state index in [1.165, 1.54) is 17.0 Å². The third-order valence-electron chi connectivity index (χ3n) is 4.80. The molecule has 4 rings (SSSR count). The van der Waals surface area contributed by atoms with E-state index in [1.54, 1.807) is 10.9 Å². The zero-order chi connectivity index (χ0) is 24.0. The summed E-state index contributed by atoms with van der Waals surface area (Å²) in [5.74, 6) is -0.965. The fourth-order valence-electron chi connectivity index (χ4n) is 3.36. The van der Waals surface area contributed by atoms with Gasteiger partial charge in [0.15, 0.2) is 0 Å². The second-order valence-electron chi connectivity index (χ2n) is 7.32. The Bertz CT molecular complexity index is 1060. The van der Waals surface area contributed by atoms with Gasteiger partial charge < -0.3 is 14.8 Å². The van der Waals surface area contributed by atoms with Crippen LogP contribution in [0, 0.1) is 6.92 Å². The number of amides is 1. The average molecular weight is 485 g/mol. The molecule has 4 heterocycles. The van der Waals surface area contributed by atoms with Gasteiger partial charge in [0.2, 0.25) is 0 Å². The molecule has 0 aliphatic carbocycles. The Morgan fingerprint density at radius 2 is 2.09 bits per heavy atom. The van der Waals surface area contributed by atoms with Gasteiger partial charge in [0.25, 0.3) is 5.91 Å². The topological polar surface area (TPSA) is 113 Å². The van der Waals surface area contributed by atoms with Gasteiger partial charge in [0.1, 0.15) is 17.2 Å². The minimum Gasteiger partial charge on any atom is -0.475 e. The predicted molar refractivity (Wildman–Crippen MR) is 112 cm³/mol. The van der Waals surface area contributed by atoms with Crippen LogP contribution in [0.25, 0.3) is 0 Å². The molecule has 33 heavy (non-hydrogen) atoms. The molecule has 0 aromatic carbocycles. The third-order valence-corrected chi connectivity index (χ3v) is 5.39. The Hall–Kier alpha value is -3.19. The number of aryl methyl sites for hydroxylation is 1. The zero-order valence-electron chi connectivity index (χ0n) is 17.6. The maximum atomic E-state index is 12.0. The Morgan fingerprint density at radius 1 is 1.33 bits per heavy atom. The summed E-state index contributed by atoms with van der Waals surface area (Å²) in [4.78, 5) is 27.3. The molecule has 2 N–H and O–H groups in total. The van der Waals surface area contributed by atoms with Gasteiger partial charge in [-0.15, -0.1) is 11.3 Å². The molecule has 3 aromatic rings. The van der Waals surface area contributed by atoms with Crippen molar-refractivity contribution in [3.63, 3.8) is 0 Å². The van der Waals surface area contributed by atoms with E-state index in [0.29, 0.717) is 12.2 Å². The molecular weight excluding hydrogens is 463 g/mol. The lowest BCUT2D eigenvalue weighted by Gasteiger charge is -2.33. The smallest absolute Gasteiger partial charge is 0.475 e. The van der Waals surface area contributed by atoms with Gasteiger partial charge in [0, 0.05) is 31.2 Å². The molecule has 0 spiro atoms. The standard InChI is InChI=1S/C18H21N5O2S.C2HF3O2/c1-13-2-3-16(25-13)10-22-8-14(23-15(9-22)5-7-21-23)4-6-19-18(24)17-11-26-12-20-17;3-2(4,5)1(6)7/h2-3,5,7,11-12,14H,4,6,8-10H2,1H3,(H,19,24);(H,6,7). The van der Waals surface area contributed by atoms with Gasteiger partial charge in [-0.1, -0.05) is 0 Å². The first-order chi connectivity index (χ1) is 15.6. The number of hydrogen-bond donors (Lipinski definition) is 2. The molecule has 1 aliphatic heterocycles. The SMILES string of the molecule is Cc1ccc(CN2Cc3ccnn3C(CCNC(=O)c3cscn3)C2)o1.O=C(O)C(F)(F)F. The van der Waals surface area contributed by atoms with Crippen LogP contribution in [0.15, 0.2) is 39.7 Å². The van der Waals surface area contributed by atoms with Gasteiger partial charge >= 0.3 is 12.1 Å². The number of carbonyl (C=O) groups excluding carboxylic acids is 1. The Morgan fingerprint density at radius 3 is 2.70 bits per heavy atom. The van der Waals surface area contributed by atoms with Crippen LogP contribution in [0.1, 0.15) is 40.2 Å². The lowest BCUT2D eigenvalue weighted by molar-refractivity contribution is -0.192. The minimum absolute atomic E-state index is 0.120. The first-order valence-corrected chi connectivity index (χ1v) is 10.8. The summed E-state index contributed by atoms with van der Waals surface area (Å²) in [5, 5.41) is 16.3. The molecule has 0 saturated carbocycles. The number of aromatic nitrogens is 3. The van der Waals surface area contributed by atoms with Crippen molar-refractivity contribution >= 4 is 23.2 Å². The lowest BCUT2D eigenvalue weighted by atomic mass is 10.1. The van der Waals surface area contributed by atoms with E-state index in [1.807, 2.05) is 25.3 Å². The van der Waals surface area contributed by atoms with Crippen LogP contribution in [0.5, 0.6) is 0 Å². The highest BCUT2D eigenvalue weighted by molar-refractivity contribution is 7.07. The number of halogens is 3. The molecule has 0 saturated heterocycles. The van der Waals surface area contributed by atoms with Crippen LogP contribution in [0.4, 0.5) is 13.2 Å². The third kappa shape index (κ3) is 6.89. The lowest BCUT2D eigenvalue weighted by Crippen LogP contribution is -2.38. The van der Waals surface area contributed by atoms with Crippen LogP contribution in [-0.4, -0.2) is 55.9 Å². The predicted octanol–water partition coefficient (Wildman–Crippen LogP) is 3.25. The largest absolute Gasteiger partial charge is 0.490 e. The van der Waals surface area contributed by atoms with Crippen LogP contribution >= 0.6 is 11.3 Å². The molecule has 0 radical (unpaired) electrons. The normalized spacial score (nSPS) is 15.9. The van der Waals surface area contributed by atoms with Crippen LogP contribution in [0.3, 0.4) is 0 Å². The number of hydrogen-bond acceptors (Lipinski definition) is 7. The summed E-state index contributed by atoms with van der Waals surface area (Å²) < 4.78 is 39.5. The molecule has 1 amide bonds. The van der Waals surface area contributed by atoms with Gasteiger partial charge in [-0.05, 0) is 31.5 Å².